The Labute approximate surface area is 119 Å². The summed E-state index contributed by atoms with van der Waals surface area (Å²) >= 11 is 0. The van der Waals surface area contributed by atoms with E-state index in [4.69, 9.17) is 32.2 Å². The van der Waals surface area contributed by atoms with Crippen LogP contribution in [0.2, 0.25) is 0 Å². The van der Waals surface area contributed by atoms with Gasteiger partial charge in [-0.3, -0.25) is 4.52 Å². The van der Waals surface area contributed by atoms with Gasteiger partial charge in [0.05, 0.1) is 12.7 Å². The molecule has 1 heterocycles. The molecule has 0 amide bonds. The fourth-order valence-electron chi connectivity index (χ4n) is 1.38. The van der Waals surface area contributed by atoms with Crippen molar-refractivity contribution in [2.75, 3.05) is 6.61 Å². The number of phosphoric acid groups is 3. The summed E-state index contributed by atoms with van der Waals surface area (Å²) in [4.78, 5) is 34.6. The molecule has 3 unspecified atom stereocenters. The zero-order valence-electron chi connectivity index (χ0n) is 10.2. The van der Waals surface area contributed by atoms with E-state index in [0.717, 1.165) is 0 Å². The molecule has 16 heteroatoms. The molecular weight excluding hydrogens is 356 g/mol. The topological polar surface area (TPSA) is 189 Å². The standard InChI is InChI=1S/C5H12BO12P3/c6-5-1-3(7)4(16-5)2-15-20(11,12)18-21(13,14)17-19(8,9)10/h3-5,7H,1-2H2,(H,11,12)(H,13,14)(H2,8,9,10)/t3?,4-,5-/m1/s1. The van der Waals surface area contributed by atoms with Crippen molar-refractivity contribution in [3.63, 3.8) is 0 Å². The van der Waals surface area contributed by atoms with E-state index in [-0.39, 0.29) is 6.42 Å². The predicted octanol–water partition coefficient (Wildman–Crippen LogP) is -1.03. The Morgan fingerprint density at radius 3 is 2.10 bits per heavy atom. The zero-order valence-corrected chi connectivity index (χ0v) is 12.8. The van der Waals surface area contributed by atoms with E-state index in [2.05, 4.69) is 13.1 Å². The minimum absolute atomic E-state index is 0.0461. The molecule has 0 aromatic heterocycles. The second-order valence-corrected chi connectivity index (χ2v) is 8.32. The van der Waals surface area contributed by atoms with Crippen molar-refractivity contribution >= 4 is 31.3 Å². The molecule has 1 aliphatic rings. The van der Waals surface area contributed by atoms with Gasteiger partial charge in [-0.2, -0.15) is 8.62 Å². The second kappa shape index (κ2) is 6.88. The van der Waals surface area contributed by atoms with Crippen LogP contribution in [0.5, 0.6) is 0 Å². The van der Waals surface area contributed by atoms with Gasteiger partial charge in [-0.1, -0.05) is 0 Å². The van der Waals surface area contributed by atoms with Gasteiger partial charge < -0.3 is 29.4 Å². The highest BCUT2D eigenvalue weighted by molar-refractivity contribution is 7.66. The molecule has 12 nitrogen and oxygen atoms in total. The van der Waals surface area contributed by atoms with E-state index in [1.165, 1.54) is 0 Å². The molecule has 0 aromatic rings. The fourth-order valence-corrected chi connectivity index (χ4v) is 4.41. The number of aliphatic hydroxyl groups is 1. The highest BCUT2D eigenvalue weighted by Gasteiger charge is 2.42. The van der Waals surface area contributed by atoms with Gasteiger partial charge in [0.15, 0.2) is 0 Å². The van der Waals surface area contributed by atoms with Crippen LogP contribution in [0.3, 0.4) is 0 Å². The van der Waals surface area contributed by atoms with Gasteiger partial charge in [0, 0.05) is 6.00 Å². The molecule has 21 heavy (non-hydrogen) atoms. The maximum Gasteiger partial charge on any atom is 0.490 e. The molecule has 1 fully saturated rings. The number of aliphatic hydroxyl groups excluding tert-OH is 1. The van der Waals surface area contributed by atoms with E-state index >= 15 is 0 Å². The van der Waals surface area contributed by atoms with E-state index in [1.54, 1.807) is 0 Å². The van der Waals surface area contributed by atoms with Crippen LogP contribution in [-0.4, -0.2) is 57.3 Å². The molecule has 1 rings (SSSR count). The number of rotatable bonds is 7. The first kappa shape index (κ1) is 19.4. The molecule has 5 atom stereocenters. The first-order valence-corrected chi connectivity index (χ1v) is 9.69. The van der Waals surface area contributed by atoms with Gasteiger partial charge in [0.2, 0.25) is 0 Å². The number of ether oxygens (including phenoxy) is 1. The molecule has 0 spiro atoms. The summed E-state index contributed by atoms with van der Waals surface area (Å²) in [5.41, 5.74) is 0. The quantitative estimate of drug-likeness (QED) is 0.272. The van der Waals surface area contributed by atoms with Gasteiger partial charge in [-0.05, 0) is 6.42 Å². The molecule has 122 valence electrons. The van der Waals surface area contributed by atoms with Crippen molar-refractivity contribution in [3.8, 4) is 0 Å². The van der Waals surface area contributed by atoms with E-state index in [0.29, 0.717) is 0 Å². The lowest BCUT2D eigenvalue weighted by Crippen LogP contribution is -2.26. The maximum atomic E-state index is 11.3. The van der Waals surface area contributed by atoms with Crippen LogP contribution < -0.4 is 0 Å². The molecule has 0 saturated carbocycles. The Balaban J connectivity index is 2.56. The van der Waals surface area contributed by atoms with Crippen LogP contribution in [0.1, 0.15) is 6.42 Å². The zero-order chi connectivity index (χ0) is 16.5. The van der Waals surface area contributed by atoms with Crippen LogP contribution in [0.15, 0.2) is 0 Å². The second-order valence-electron chi connectivity index (χ2n) is 3.90. The van der Waals surface area contributed by atoms with Crippen molar-refractivity contribution in [3.05, 3.63) is 0 Å². The van der Waals surface area contributed by atoms with E-state index in [9.17, 15) is 18.8 Å². The molecule has 1 saturated heterocycles. The van der Waals surface area contributed by atoms with E-state index in [1.807, 2.05) is 0 Å². The molecule has 2 radical (unpaired) electrons. The predicted molar refractivity (Wildman–Crippen MR) is 64.9 cm³/mol. The minimum Gasteiger partial charge on any atom is -0.390 e. The Morgan fingerprint density at radius 1 is 1.10 bits per heavy atom. The van der Waals surface area contributed by atoms with Crippen LogP contribution in [0.4, 0.5) is 0 Å². The number of hydrogen-bond acceptors (Lipinski definition) is 8. The average Bonchev–Trinajstić information content (AvgIpc) is 2.48. The van der Waals surface area contributed by atoms with Gasteiger partial charge in [-0.25, -0.2) is 13.7 Å². The summed E-state index contributed by atoms with van der Waals surface area (Å²) in [6.45, 7) is -0.724. The summed E-state index contributed by atoms with van der Waals surface area (Å²) in [6.07, 6.45) is -2.12. The van der Waals surface area contributed by atoms with Crippen LogP contribution in [-0.2, 0) is 31.6 Å². The third-order valence-electron chi connectivity index (χ3n) is 2.07. The highest BCUT2D eigenvalue weighted by atomic mass is 31.3. The van der Waals surface area contributed by atoms with E-state index < -0.39 is 48.3 Å². The third kappa shape index (κ3) is 7.47. The van der Waals surface area contributed by atoms with Gasteiger partial charge in [0.1, 0.15) is 14.0 Å². The summed E-state index contributed by atoms with van der Waals surface area (Å²) < 4.78 is 48.9. The molecule has 0 aromatic carbocycles. The van der Waals surface area contributed by atoms with Gasteiger partial charge in [0.25, 0.3) is 0 Å². The number of hydrogen-bond donors (Lipinski definition) is 5. The normalized spacial score (nSPS) is 32.5. The molecule has 5 N–H and O–H groups in total. The Hall–Kier alpha value is 0.395. The van der Waals surface area contributed by atoms with Crippen molar-refractivity contribution in [1.29, 1.82) is 0 Å². The summed E-state index contributed by atoms with van der Waals surface area (Å²) in [6, 6.07) is -0.811. The smallest absolute Gasteiger partial charge is 0.390 e. The Morgan fingerprint density at radius 2 is 1.67 bits per heavy atom. The summed E-state index contributed by atoms with van der Waals surface area (Å²) in [5.74, 6) is 0. The largest absolute Gasteiger partial charge is 0.490 e. The van der Waals surface area contributed by atoms with Gasteiger partial charge in [-0.15, -0.1) is 0 Å². The molecular formula is C5H12BO12P3. The lowest BCUT2D eigenvalue weighted by atomic mass is 9.96. The van der Waals surface area contributed by atoms with Crippen LogP contribution in [0.25, 0.3) is 0 Å². The first-order valence-electron chi connectivity index (χ1n) is 5.17. The summed E-state index contributed by atoms with van der Waals surface area (Å²) in [7, 11) is -10.9. The van der Waals surface area contributed by atoms with Gasteiger partial charge >= 0.3 is 23.5 Å². The third-order valence-corrected chi connectivity index (χ3v) is 5.87. The summed E-state index contributed by atoms with van der Waals surface area (Å²) in [5, 5.41) is 9.41. The highest BCUT2D eigenvalue weighted by Crippen LogP contribution is 2.66. The molecule has 1 aliphatic heterocycles. The van der Waals surface area contributed by atoms with Crippen molar-refractivity contribution in [1.82, 2.24) is 0 Å². The van der Waals surface area contributed by atoms with Crippen LogP contribution in [0, 0.1) is 0 Å². The lowest BCUT2D eigenvalue weighted by Gasteiger charge is -2.19. The Bertz CT molecular complexity index is 503. The monoisotopic (exact) mass is 368 g/mol. The SMILES string of the molecule is [B][C@H]1CC(O)[C@@H](COP(=O)(O)OP(=O)(O)OP(=O)(O)O)O1. The fraction of sp³-hybridized carbons (Fsp3) is 1.00. The molecule has 0 aliphatic carbocycles. The minimum atomic E-state index is -5.55. The van der Waals surface area contributed by atoms with Crippen molar-refractivity contribution in [2.24, 2.45) is 0 Å². The van der Waals surface area contributed by atoms with Crippen LogP contribution >= 0.6 is 23.5 Å². The van der Waals surface area contributed by atoms with Crippen molar-refractivity contribution in [2.45, 2.75) is 24.6 Å². The maximum absolute atomic E-state index is 11.3. The number of phosphoric ester groups is 1. The molecule has 0 bridgehead atoms. The lowest BCUT2D eigenvalue weighted by molar-refractivity contribution is -0.00418. The Kier molecular flexibility index (Phi) is 6.37. The average molecular weight is 368 g/mol. The first-order chi connectivity index (χ1) is 9.30. The van der Waals surface area contributed by atoms with Crippen molar-refractivity contribution < 1.29 is 56.3 Å².